The predicted molar refractivity (Wildman–Crippen MR) is 185 cm³/mol. The van der Waals surface area contributed by atoms with Crippen molar-refractivity contribution in [1.29, 1.82) is 0 Å². The number of carbonyl (C=O) groups is 3. The topological polar surface area (TPSA) is 76.2 Å². The Morgan fingerprint density at radius 2 is 1.31 bits per heavy atom. The molecule has 0 radical (unpaired) electrons. The second-order valence-electron chi connectivity index (χ2n) is 12.1. The molecule has 2 aromatic carbocycles. The number of para-hydroxylation sites is 2. The van der Waals surface area contributed by atoms with Gasteiger partial charge >= 0.3 is 6.03 Å². The average Bonchev–Trinajstić information content (AvgIpc) is 3.08. The van der Waals surface area contributed by atoms with Gasteiger partial charge in [-0.2, -0.15) is 0 Å². The summed E-state index contributed by atoms with van der Waals surface area (Å²) in [6.45, 7) is 13.9. The Bertz CT molecular complexity index is 1090. The average molecular weight is 620 g/mol. The van der Waals surface area contributed by atoms with Gasteiger partial charge in [0.1, 0.15) is 6.04 Å². The lowest BCUT2D eigenvalue weighted by molar-refractivity contribution is -0.139. The molecule has 45 heavy (non-hydrogen) atoms. The zero-order valence-corrected chi connectivity index (χ0v) is 28.3. The van der Waals surface area contributed by atoms with E-state index in [0.29, 0.717) is 25.9 Å². The van der Waals surface area contributed by atoms with Crippen molar-refractivity contribution >= 4 is 29.2 Å². The fourth-order valence-corrected chi connectivity index (χ4v) is 6.19. The van der Waals surface area contributed by atoms with Crippen molar-refractivity contribution in [3.8, 4) is 0 Å². The summed E-state index contributed by atoms with van der Waals surface area (Å²) in [4.78, 5) is 50.1. The van der Waals surface area contributed by atoms with Crippen LogP contribution >= 0.6 is 0 Å². The SMILES string of the molecule is CCCCCN(CCCCC)C(=O)C1CCN(C(=O)N(c2ccccc2)c2ccccc2)C(C(=O)NCCCN(CC)CC)C1. The molecule has 0 saturated carbocycles. The number of amides is 4. The van der Waals surface area contributed by atoms with Crippen LogP contribution in [0.3, 0.4) is 0 Å². The van der Waals surface area contributed by atoms with Gasteiger partial charge < -0.3 is 20.0 Å². The van der Waals surface area contributed by atoms with E-state index in [-0.39, 0.29) is 23.8 Å². The monoisotopic (exact) mass is 619 g/mol. The molecule has 1 fully saturated rings. The van der Waals surface area contributed by atoms with Gasteiger partial charge in [0.2, 0.25) is 11.8 Å². The van der Waals surface area contributed by atoms with Crippen molar-refractivity contribution in [2.75, 3.05) is 50.7 Å². The highest BCUT2D eigenvalue weighted by atomic mass is 16.2. The van der Waals surface area contributed by atoms with E-state index in [1.54, 1.807) is 9.80 Å². The summed E-state index contributed by atoms with van der Waals surface area (Å²) in [6.07, 6.45) is 8.10. The Hall–Kier alpha value is -3.39. The zero-order chi connectivity index (χ0) is 32.4. The van der Waals surface area contributed by atoms with E-state index < -0.39 is 6.04 Å². The van der Waals surface area contributed by atoms with E-state index in [9.17, 15) is 14.4 Å². The number of benzene rings is 2. The number of urea groups is 1. The lowest BCUT2D eigenvalue weighted by Gasteiger charge is -2.41. The number of hydrogen-bond acceptors (Lipinski definition) is 4. The molecular weight excluding hydrogens is 562 g/mol. The molecule has 1 aliphatic rings. The summed E-state index contributed by atoms with van der Waals surface area (Å²) >= 11 is 0. The highest BCUT2D eigenvalue weighted by molar-refractivity contribution is 6.01. The standard InChI is InChI=1S/C37H57N5O3/c1-5-9-17-27-40(28-18-10-6-2)36(44)31-24-29-41(34(30-31)35(43)38-25-19-26-39(7-3)8-4)37(45)42(32-20-13-11-14-21-32)33-22-15-12-16-23-33/h11-16,20-23,31,34H,5-10,17-19,24-30H2,1-4H3,(H,38,43). The molecule has 3 rings (SSSR count). The van der Waals surface area contributed by atoms with Crippen LogP contribution in [0.2, 0.25) is 0 Å². The summed E-state index contributed by atoms with van der Waals surface area (Å²) in [6, 6.07) is 18.2. The summed E-state index contributed by atoms with van der Waals surface area (Å²) in [5.74, 6) is -0.327. The number of hydrogen-bond donors (Lipinski definition) is 1. The van der Waals surface area contributed by atoms with Gasteiger partial charge in [-0.05, 0) is 76.0 Å². The van der Waals surface area contributed by atoms with Gasteiger partial charge in [-0.1, -0.05) is 89.8 Å². The van der Waals surface area contributed by atoms with Gasteiger partial charge in [-0.3, -0.25) is 14.5 Å². The second-order valence-corrected chi connectivity index (χ2v) is 12.1. The van der Waals surface area contributed by atoms with Gasteiger partial charge in [-0.15, -0.1) is 0 Å². The molecule has 248 valence electrons. The summed E-state index contributed by atoms with van der Waals surface area (Å²) in [7, 11) is 0. The Morgan fingerprint density at radius 1 is 0.756 bits per heavy atom. The third-order valence-corrected chi connectivity index (χ3v) is 8.94. The number of rotatable bonds is 18. The number of carbonyl (C=O) groups excluding carboxylic acids is 3. The minimum atomic E-state index is -0.725. The molecule has 0 bridgehead atoms. The van der Waals surface area contributed by atoms with Crippen LogP contribution in [0.5, 0.6) is 0 Å². The van der Waals surface area contributed by atoms with E-state index in [1.165, 1.54) is 0 Å². The van der Waals surface area contributed by atoms with Crippen LogP contribution in [0.4, 0.5) is 16.2 Å². The van der Waals surface area contributed by atoms with E-state index >= 15 is 0 Å². The van der Waals surface area contributed by atoms with E-state index in [1.807, 2.05) is 65.6 Å². The Morgan fingerprint density at radius 3 is 1.82 bits per heavy atom. The molecule has 1 saturated heterocycles. The van der Waals surface area contributed by atoms with Gasteiger partial charge in [0.05, 0.1) is 11.4 Å². The number of piperidine rings is 1. The van der Waals surface area contributed by atoms with Gasteiger partial charge in [-0.25, -0.2) is 4.79 Å². The van der Waals surface area contributed by atoms with Gasteiger partial charge in [0.25, 0.3) is 0 Å². The Labute approximate surface area is 272 Å². The molecule has 2 aromatic rings. The van der Waals surface area contributed by atoms with E-state index in [0.717, 1.165) is 89.0 Å². The van der Waals surface area contributed by atoms with Crippen molar-refractivity contribution in [2.45, 2.75) is 91.5 Å². The quantitative estimate of drug-likeness (QED) is 0.181. The molecule has 1 aliphatic heterocycles. The van der Waals surface area contributed by atoms with Crippen molar-refractivity contribution in [1.82, 2.24) is 20.0 Å². The number of nitrogens with zero attached hydrogens (tertiary/aromatic N) is 4. The first kappa shape index (κ1) is 36.1. The number of likely N-dealkylation sites (tertiary alicyclic amines) is 1. The minimum Gasteiger partial charge on any atom is -0.354 e. The largest absolute Gasteiger partial charge is 0.354 e. The number of anilines is 2. The van der Waals surface area contributed by atoms with Crippen molar-refractivity contribution < 1.29 is 14.4 Å². The first-order valence-corrected chi connectivity index (χ1v) is 17.4. The lowest BCUT2D eigenvalue weighted by atomic mass is 9.88. The van der Waals surface area contributed by atoms with Crippen LogP contribution in [0, 0.1) is 5.92 Å². The maximum absolute atomic E-state index is 14.4. The number of nitrogens with one attached hydrogen (secondary N) is 1. The summed E-state index contributed by atoms with van der Waals surface area (Å²) in [5.41, 5.74) is 1.48. The van der Waals surface area contributed by atoms with Crippen LogP contribution in [0.15, 0.2) is 60.7 Å². The van der Waals surface area contributed by atoms with Crippen LogP contribution < -0.4 is 10.2 Å². The van der Waals surface area contributed by atoms with Crippen LogP contribution in [0.25, 0.3) is 0 Å². The van der Waals surface area contributed by atoms with Crippen molar-refractivity contribution in [3.05, 3.63) is 60.7 Å². The maximum atomic E-state index is 14.4. The van der Waals surface area contributed by atoms with Crippen LogP contribution in [-0.2, 0) is 9.59 Å². The predicted octanol–water partition coefficient (Wildman–Crippen LogP) is 7.08. The molecule has 2 atom stereocenters. The molecule has 4 amide bonds. The molecule has 0 spiro atoms. The first-order chi connectivity index (χ1) is 21.9. The molecule has 8 heteroatoms. The van der Waals surface area contributed by atoms with Gasteiger partial charge in [0, 0.05) is 32.1 Å². The Kier molecular flexibility index (Phi) is 15.9. The van der Waals surface area contributed by atoms with E-state index in [2.05, 4.69) is 37.9 Å². The molecule has 8 nitrogen and oxygen atoms in total. The molecular formula is C37H57N5O3. The molecule has 0 aromatic heterocycles. The molecule has 0 aliphatic carbocycles. The first-order valence-electron chi connectivity index (χ1n) is 17.4. The molecule has 1 N–H and O–H groups in total. The van der Waals surface area contributed by atoms with Crippen LogP contribution in [0.1, 0.15) is 85.5 Å². The normalized spacial score (nSPS) is 16.4. The maximum Gasteiger partial charge on any atom is 0.329 e. The second kappa shape index (κ2) is 19.9. The highest BCUT2D eigenvalue weighted by Gasteiger charge is 2.41. The molecule has 1 heterocycles. The minimum absolute atomic E-state index is 0.136. The van der Waals surface area contributed by atoms with E-state index in [4.69, 9.17) is 0 Å². The highest BCUT2D eigenvalue weighted by Crippen LogP contribution is 2.31. The summed E-state index contributed by atoms with van der Waals surface area (Å²) in [5, 5.41) is 3.13. The molecule has 2 unspecified atom stereocenters. The zero-order valence-electron chi connectivity index (χ0n) is 28.3. The third kappa shape index (κ3) is 10.9. The fourth-order valence-electron chi connectivity index (χ4n) is 6.19. The third-order valence-electron chi connectivity index (χ3n) is 8.94. The number of unbranched alkanes of at least 4 members (excludes halogenated alkanes) is 4. The Balaban J connectivity index is 1.85. The fraction of sp³-hybridized carbons (Fsp3) is 0.595. The van der Waals surface area contributed by atoms with Crippen molar-refractivity contribution in [3.63, 3.8) is 0 Å². The lowest BCUT2D eigenvalue weighted by Crippen LogP contribution is -2.58. The van der Waals surface area contributed by atoms with Gasteiger partial charge in [0.15, 0.2) is 0 Å². The summed E-state index contributed by atoms with van der Waals surface area (Å²) < 4.78 is 0. The van der Waals surface area contributed by atoms with Crippen molar-refractivity contribution in [2.24, 2.45) is 5.92 Å². The smallest absolute Gasteiger partial charge is 0.329 e. The van der Waals surface area contributed by atoms with Crippen LogP contribution in [-0.4, -0.2) is 84.4 Å².